The molecule has 0 atom stereocenters. The summed E-state index contributed by atoms with van der Waals surface area (Å²) in [6.07, 6.45) is 5.42. The van der Waals surface area contributed by atoms with E-state index in [-0.39, 0.29) is 0 Å². The van der Waals surface area contributed by atoms with Gasteiger partial charge in [0.15, 0.2) is 17.3 Å². The van der Waals surface area contributed by atoms with Crippen molar-refractivity contribution in [2.45, 2.75) is 6.54 Å². The van der Waals surface area contributed by atoms with Gasteiger partial charge in [0.25, 0.3) is 0 Å². The Bertz CT molecular complexity index is 769. The summed E-state index contributed by atoms with van der Waals surface area (Å²) in [6.45, 7) is 0.725. The molecule has 6 nitrogen and oxygen atoms in total. The first-order valence-electron chi connectivity index (χ1n) is 6.43. The van der Waals surface area contributed by atoms with E-state index in [1.54, 1.807) is 12.4 Å². The molecule has 3 N–H and O–H groups in total. The van der Waals surface area contributed by atoms with Gasteiger partial charge in [0.2, 0.25) is 0 Å². The van der Waals surface area contributed by atoms with E-state index in [0.717, 1.165) is 22.5 Å². The van der Waals surface area contributed by atoms with Crippen molar-refractivity contribution >= 4 is 33.2 Å². The molecule has 3 rings (SSSR count). The number of hydrogen-bond acceptors (Lipinski definition) is 5. The van der Waals surface area contributed by atoms with Crippen molar-refractivity contribution in [3.63, 3.8) is 0 Å². The predicted molar refractivity (Wildman–Crippen MR) is 87.0 cm³/mol. The Morgan fingerprint density at radius 3 is 3.05 bits per heavy atom. The summed E-state index contributed by atoms with van der Waals surface area (Å²) in [5, 5.41) is 0. The molecule has 0 amide bonds. The van der Waals surface area contributed by atoms with Crippen LogP contribution in [-0.2, 0) is 6.54 Å². The number of fused-ring (bicyclic) bond motifs is 1. The number of nitrogens with two attached hydrogens (primary N) is 1. The number of imidazole rings is 1. The second-order valence-electron chi connectivity index (χ2n) is 4.74. The van der Waals surface area contributed by atoms with E-state index < -0.39 is 0 Å². The molecule has 0 unspecified atom stereocenters. The zero-order chi connectivity index (χ0) is 14.8. The van der Waals surface area contributed by atoms with Gasteiger partial charge in [-0.25, -0.2) is 15.8 Å². The molecule has 0 bridgehead atoms. The topological polar surface area (TPSA) is 71.5 Å². The van der Waals surface area contributed by atoms with Crippen LogP contribution in [0.15, 0.2) is 47.3 Å². The highest BCUT2D eigenvalue weighted by Gasteiger charge is 2.12. The first-order chi connectivity index (χ1) is 10.2. The Morgan fingerprint density at radius 1 is 1.43 bits per heavy atom. The second-order valence-corrected chi connectivity index (χ2v) is 5.65. The van der Waals surface area contributed by atoms with Gasteiger partial charge in [0, 0.05) is 30.5 Å². The molecule has 2 heterocycles. The quantitative estimate of drug-likeness (QED) is 0.560. The monoisotopic (exact) mass is 346 g/mol. The van der Waals surface area contributed by atoms with Gasteiger partial charge in [-0.2, -0.15) is 0 Å². The summed E-state index contributed by atoms with van der Waals surface area (Å²) < 4.78 is 2.96. The standard InChI is InChI=1S/C14H15BrN6/c1-20(8-10-3-2-4-11(15)7-10)14-13-17-5-6-21(13)9-12(18-14)19-16/h2-7,9,19H,8,16H2,1H3. The summed E-state index contributed by atoms with van der Waals surface area (Å²) in [5.74, 6) is 6.85. The van der Waals surface area contributed by atoms with Crippen LogP contribution in [0.25, 0.3) is 5.65 Å². The summed E-state index contributed by atoms with van der Waals surface area (Å²) in [4.78, 5) is 10.9. The predicted octanol–water partition coefficient (Wildman–Crippen LogP) is 2.41. The zero-order valence-electron chi connectivity index (χ0n) is 11.5. The lowest BCUT2D eigenvalue weighted by Gasteiger charge is -2.19. The molecule has 0 aliphatic heterocycles. The molecule has 2 aromatic heterocycles. The van der Waals surface area contributed by atoms with E-state index in [1.165, 1.54) is 5.56 Å². The van der Waals surface area contributed by atoms with E-state index in [4.69, 9.17) is 5.84 Å². The number of nitrogens with zero attached hydrogens (tertiary/aromatic N) is 4. The molecule has 0 spiro atoms. The van der Waals surface area contributed by atoms with Crippen LogP contribution in [0.2, 0.25) is 0 Å². The molecular weight excluding hydrogens is 332 g/mol. The van der Waals surface area contributed by atoms with Gasteiger partial charge in [-0.3, -0.25) is 0 Å². The largest absolute Gasteiger partial charge is 0.352 e. The molecule has 7 heteroatoms. The smallest absolute Gasteiger partial charge is 0.180 e. The number of nitrogens with one attached hydrogen (secondary N) is 1. The molecule has 0 aliphatic rings. The number of hydrazine groups is 1. The summed E-state index contributed by atoms with van der Waals surface area (Å²) in [5.41, 5.74) is 4.57. The van der Waals surface area contributed by atoms with Gasteiger partial charge in [0.1, 0.15) is 0 Å². The molecular formula is C14H15BrN6. The van der Waals surface area contributed by atoms with Crippen molar-refractivity contribution in [2.75, 3.05) is 17.4 Å². The lowest BCUT2D eigenvalue weighted by atomic mass is 10.2. The Balaban J connectivity index is 1.97. The second kappa shape index (κ2) is 5.71. The van der Waals surface area contributed by atoms with Gasteiger partial charge in [0.05, 0.1) is 6.20 Å². The third-order valence-corrected chi connectivity index (χ3v) is 3.67. The van der Waals surface area contributed by atoms with Crippen molar-refractivity contribution in [3.05, 3.63) is 52.9 Å². The minimum absolute atomic E-state index is 0.594. The average molecular weight is 347 g/mol. The first kappa shape index (κ1) is 13.8. The highest BCUT2D eigenvalue weighted by Crippen LogP contribution is 2.21. The minimum atomic E-state index is 0.594. The summed E-state index contributed by atoms with van der Waals surface area (Å²) in [6, 6.07) is 8.19. The van der Waals surface area contributed by atoms with Crippen molar-refractivity contribution < 1.29 is 0 Å². The lowest BCUT2D eigenvalue weighted by molar-refractivity contribution is 0.891. The molecule has 108 valence electrons. The van der Waals surface area contributed by atoms with Crippen molar-refractivity contribution in [1.82, 2.24) is 14.4 Å². The number of rotatable bonds is 4. The number of nitrogen functional groups attached to an aromatic ring is 1. The molecule has 0 saturated heterocycles. The highest BCUT2D eigenvalue weighted by molar-refractivity contribution is 9.10. The molecule has 0 saturated carbocycles. The Labute approximate surface area is 130 Å². The number of aromatic nitrogens is 3. The Kier molecular flexibility index (Phi) is 3.76. The van der Waals surface area contributed by atoms with Gasteiger partial charge < -0.3 is 14.7 Å². The molecule has 1 aromatic carbocycles. The van der Waals surface area contributed by atoms with Crippen LogP contribution >= 0.6 is 15.9 Å². The molecule has 21 heavy (non-hydrogen) atoms. The maximum Gasteiger partial charge on any atom is 0.180 e. The van der Waals surface area contributed by atoms with Crippen molar-refractivity contribution in [3.8, 4) is 0 Å². The van der Waals surface area contributed by atoms with Crippen LogP contribution in [0.3, 0.4) is 0 Å². The van der Waals surface area contributed by atoms with Crippen LogP contribution in [0, 0.1) is 0 Å². The van der Waals surface area contributed by atoms with Gasteiger partial charge >= 0.3 is 0 Å². The SMILES string of the molecule is CN(Cc1cccc(Br)c1)c1nc(NN)cn2ccnc12. The fourth-order valence-corrected chi connectivity index (χ4v) is 2.67. The maximum absolute atomic E-state index is 5.48. The number of benzene rings is 1. The van der Waals surface area contributed by atoms with E-state index in [2.05, 4.69) is 43.5 Å². The number of hydrogen-bond donors (Lipinski definition) is 2. The molecule has 3 aromatic rings. The molecule has 0 aliphatic carbocycles. The molecule has 0 radical (unpaired) electrons. The van der Waals surface area contributed by atoms with Gasteiger partial charge in [-0.15, -0.1) is 0 Å². The fraction of sp³-hybridized carbons (Fsp3) is 0.143. The van der Waals surface area contributed by atoms with Crippen LogP contribution in [0.4, 0.5) is 11.6 Å². The van der Waals surface area contributed by atoms with Gasteiger partial charge in [-0.1, -0.05) is 28.1 Å². The van der Waals surface area contributed by atoms with Crippen LogP contribution in [0.1, 0.15) is 5.56 Å². The average Bonchev–Trinajstić information content (AvgIpc) is 2.94. The Morgan fingerprint density at radius 2 is 2.29 bits per heavy atom. The molecule has 0 fully saturated rings. The summed E-state index contributed by atoms with van der Waals surface area (Å²) >= 11 is 3.49. The van der Waals surface area contributed by atoms with Crippen LogP contribution in [0.5, 0.6) is 0 Å². The minimum Gasteiger partial charge on any atom is -0.352 e. The van der Waals surface area contributed by atoms with Crippen molar-refractivity contribution in [1.29, 1.82) is 0 Å². The zero-order valence-corrected chi connectivity index (χ0v) is 13.1. The fourth-order valence-electron chi connectivity index (χ4n) is 2.22. The van der Waals surface area contributed by atoms with Crippen LogP contribution in [-0.4, -0.2) is 21.4 Å². The van der Waals surface area contributed by atoms with Gasteiger partial charge in [-0.05, 0) is 17.7 Å². The van der Waals surface area contributed by atoms with E-state index in [0.29, 0.717) is 5.82 Å². The summed E-state index contributed by atoms with van der Waals surface area (Å²) in [7, 11) is 1.98. The highest BCUT2D eigenvalue weighted by atomic mass is 79.9. The van der Waals surface area contributed by atoms with E-state index in [9.17, 15) is 0 Å². The first-order valence-corrected chi connectivity index (χ1v) is 7.22. The van der Waals surface area contributed by atoms with Crippen molar-refractivity contribution in [2.24, 2.45) is 5.84 Å². The third-order valence-electron chi connectivity index (χ3n) is 3.17. The number of halogens is 1. The lowest BCUT2D eigenvalue weighted by Crippen LogP contribution is -2.20. The Hall–Kier alpha value is -2.12. The normalized spacial score (nSPS) is 10.8. The van der Waals surface area contributed by atoms with E-state index >= 15 is 0 Å². The van der Waals surface area contributed by atoms with Crippen LogP contribution < -0.4 is 16.2 Å². The third kappa shape index (κ3) is 2.84. The van der Waals surface area contributed by atoms with E-state index in [1.807, 2.05) is 34.7 Å². The maximum atomic E-state index is 5.48. The number of anilines is 2.